The van der Waals surface area contributed by atoms with E-state index < -0.39 is 11.6 Å². The highest BCUT2D eigenvalue weighted by Crippen LogP contribution is 2.52. The summed E-state index contributed by atoms with van der Waals surface area (Å²) in [7, 11) is 4.49. The van der Waals surface area contributed by atoms with Crippen LogP contribution in [0.5, 0.6) is 0 Å². The number of quaternary nitrogens is 1. The average Bonchev–Trinajstić information content (AvgIpc) is 2.98. The third-order valence-electron chi connectivity index (χ3n) is 6.36. The minimum atomic E-state index is -1.72. The summed E-state index contributed by atoms with van der Waals surface area (Å²) in [5.41, 5.74) is -1.72. The summed E-state index contributed by atoms with van der Waals surface area (Å²) in [6.07, 6.45) is 2.05. The standard InChI is InChI=1S/C19H22NO4S2.BrH/c1-20(2)12-9-11(10-13(20)17-16(12)24-17)23-18(21)19(22,14-5-3-7-25-14)15-6-4-8-26-15;/h3-8,11-13,16-17,22H,9-10H2,1-2H3;1H/q+1;/p-1/t11?,12-,13+,16?,17?;. The SMILES string of the molecule is C[N+]1(C)[C@@H]2CC(OC(=O)C(O)(c3cccs3)c3cccs3)C[C@H]1C1OC12.[Br-]. The zero-order valence-electron chi connectivity index (χ0n) is 15.1. The molecule has 0 saturated carbocycles. The first-order chi connectivity index (χ1) is 12.4. The van der Waals surface area contributed by atoms with Crippen molar-refractivity contribution in [2.75, 3.05) is 14.1 Å². The lowest BCUT2D eigenvalue weighted by atomic mass is 9.95. The second-order valence-electron chi connectivity index (χ2n) is 7.99. The third kappa shape index (κ3) is 2.84. The Labute approximate surface area is 176 Å². The minimum absolute atomic E-state index is 0. The highest BCUT2D eigenvalue weighted by atomic mass is 79.9. The predicted molar refractivity (Wildman–Crippen MR) is 99.1 cm³/mol. The number of epoxide rings is 1. The van der Waals surface area contributed by atoms with Crippen LogP contribution in [0.15, 0.2) is 35.0 Å². The zero-order chi connectivity index (χ0) is 18.1. The number of carbonyl (C=O) groups is 1. The fourth-order valence-electron chi connectivity index (χ4n) is 4.83. The van der Waals surface area contributed by atoms with Crippen molar-refractivity contribution in [3.8, 4) is 0 Å². The molecule has 8 heteroatoms. The number of halogens is 1. The number of esters is 1. The van der Waals surface area contributed by atoms with Crippen LogP contribution in [0.4, 0.5) is 0 Å². The fraction of sp³-hybridized carbons (Fsp3) is 0.526. The summed E-state index contributed by atoms with van der Waals surface area (Å²) in [4.78, 5) is 14.3. The molecular formula is C19H22BrNO4S2. The lowest BCUT2D eigenvalue weighted by molar-refractivity contribution is -0.938. The summed E-state index contributed by atoms with van der Waals surface area (Å²) in [5, 5.41) is 15.1. The molecule has 0 aliphatic carbocycles. The second-order valence-corrected chi connectivity index (χ2v) is 9.89. The lowest BCUT2D eigenvalue weighted by Crippen LogP contribution is -3.00. The average molecular weight is 472 g/mol. The summed E-state index contributed by atoms with van der Waals surface area (Å²) >= 11 is 2.74. The van der Waals surface area contributed by atoms with E-state index in [9.17, 15) is 9.90 Å². The van der Waals surface area contributed by atoms with Gasteiger partial charge in [0.15, 0.2) is 0 Å². The van der Waals surface area contributed by atoms with Gasteiger partial charge in [-0.3, -0.25) is 0 Å². The molecule has 0 radical (unpaired) electrons. The van der Waals surface area contributed by atoms with E-state index in [0.717, 1.165) is 17.3 Å². The van der Waals surface area contributed by atoms with Crippen molar-refractivity contribution in [3.63, 3.8) is 0 Å². The molecule has 2 bridgehead atoms. The van der Waals surface area contributed by atoms with Gasteiger partial charge in [-0.15, -0.1) is 22.7 Å². The molecule has 5 nitrogen and oxygen atoms in total. The van der Waals surface area contributed by atoms with Crippen LogP contribution in [0.1, 0.15) is 22.6 Å². The van der Waals surface area contributed by atoms with Crippen molar-refractivity contribution >= 4 is 28.6 Å². The Morgan fingerprint density at radius 2 is 1.67 bits per heavy atom. The number of likely N-dealkylation sites (N-methyl/N-ethyl adjacent to an activating group) is 1. The number of carbonyl (C=O) groups excluding carboxylic acids is 1. The van der Waals surface area contributed by atoms with Gasteiger partial charge in [-0.1, -0.05) is 12.1 Å². The van der Waals surface area contributed by atoms with E-state index in [1.807, 2.05) is 22.9 Å². The summed E-state index contributed by atoms with van der Waals surface area (Å²) in [5.74, 6) is -0.561. The Bertz CT molecular complexity index is 769. The van der Waals surface area contributed by atoms with Gasteiger partial charge in [-0.2, -0.15) is 0 Å². The molecule has 1 N–H and O–H groups in total. The van der Waals surface area contributed by atoms with Crippen LogP contribution in [0.2, 0.25) is 0 Å². The van der Waals surface area contributed by atoms with E-state index in [1.165, 1.54) is 22.7 Å². The van der Waals surface area contributed by atoms with Crippen LogP contribution in [0.3, 0.4) is 0 Å². The molecule has 0 spiro atoms. The van der Waals surface area contributed by atoms with E-state index in [0.29, 0.717) is 34.0 Å². The van der Waals surface area contributed by atoms with Gasteiger partial charge >= 0.3 is 5.97 Å². The van der Waals surface area contributed by atoms with Crippen molar-refractivity contribution in [2.45, 2.75) is 48.8 Å². The molecule has 3 fully saturated rings. The number of ether oxygens (including phenoxy) is 2. The maximum atomic E-state index is 13.1. The minimum Gasteiger partial charge on any atom is -1.00 e. The fourth-order valence-corrected chi connectivity index (χ4v) is 6.54. The quantitative estimate of drug-likeness (QED) is 0.365. The second kappa shape index (κ2) is 6.64. The molecule has 3 saturated heterocycles. The van der Waals surface area contributed by atoms with E-state index in [1.54, 1.807) is 12.1 Å². The largest absolute Gasteiger partial charge is 1.00 e. The highest BCUT2D eigenvalue weighted by Gasteiger charge is 2.71. The number of hydrogen-bond donors (Lipinski definition) is 1. The van der Waals surface area contributed by atoms with Crippen molar-refractivity contribution in [1.29, 1.82) is 0 Å². The molecule has 5 heterocycles. The van der Waals surface area contributed by atoms with Gasteiger partial charge in [-0.25, -0.2) is 4.79 Å². The summed E-state index contributed by atoms with van der Waals surface area (Å²) in [6, 6.07) is 8.01. The number of piperidine rings is 1. The van der Waals surface area contributed by atoms with Gasteiger partial charge in [0, 0.05) is 12.8 Å². The van der Waals surface area contributed by atoms with Gasteiger partial charge in [0.1, 0.15) is 30.4 Å². The van der Waals surface area contributed by atoms with Gasteiger partial charge in [-0.05, 0) is 22.9 Å². The zero-order valence-corrected chi connectivity index (χ0v) is 18.3. The van der Waals surface area contributed by atoms with Crippen molar-refractivity contribution in [3.05, 3.63) is 44.8 Å². The molecule has 2 aromatic heterocycles. The van der Waals surface area contributed by atoms with Crippen molar-refractivity contribution < 1.29 is 40.8 Å². The Balaban J connectivity index is 0.00000180. The van der Waals surface area contributed by atoms with Crippen molar-refractivity contribution in [2.24, 2.45) is 0 Å². The number of fused-ring (bicyclic) bond motifs is 5. The van der Waals surface area contributed by atoms with E-state index in [-0.39, 0.29) is 23.1 Å². The number of aliphatic hydroxyl groups is 1. The molecule has 3 aliphatic rings. The van der Waals surface area contributed by atoms with Crippen LogP contribution in [-0.2, 0) is 19.9 Å². The number of nitrogens with zero attached hydrogens (tertiary/aromatic N) is 1. The van der Waals surface area contributed by atoms with E-state index in [4.69, 9.17) is 9.47 Å². The smallest absolute Gasteiger partial charge is 0.349 e. The Morgan fingerprint density at radius 3 is 2.11 bits per heavy atom. The Kier molecular flexibility index (Phi) is 4.81. The van der Waals surface area contributed by atoms with Crippen LogP contribution >= 0.6 is 22.7 Å². The maximum Gasteiger partial charge on any atom is 0.349 e. The molecule has 5 atom stereocenters. The maximum absolute atomic E-state index is 13.1. The first kappa shape index (κ1) is 19.5. The van der Waals surface area contributed by atoms with Crippen LogP contribution < -0.4 is 17.0 Å². The van der Waals surface area contributed by atoms with Crippen molar-refractivity contribution in [1.82, 2.24) is 0 Å². The van der Waals surface area contributed by atoms with Crippen LogP contribution in [0.25, 0.3) is 0 Å². The molecule has 3 aliphatic heterocycles. The molecule has 3 unspecified atom stereocenters. The molecule has 2 aromatic rings. The summed E-state index contributed by atoms with van der Waals surface area (Å²) in [6.45, 7) is 0. The van der Waals surface area contributed by atoms with Crippen LogP contribution in [-0.4, -0.2) is 60.0 Å². The first-order valence-corrected chi connectivity index (χ1v) is 10.7. The summed E-state index contributed by atoms with van der Waals surface area (Å²) < 4.78 is 12.6. The third-order valence-corrected chi connectivity index (χ3v) is 8.32. The molecule has 146 valence electrons. The van der Waals surface area contributed by atoms with Gasteiger partial charge in [0.05, 0.1) is 23.8 Å². The highest BCUT2D eigenvalue weighted by molar-refractivity contribution is 7.12. The molecular weight excluding hydrogens is 450 g/mol. The monoisotopic (exact) mass is 471 g/mol. The Morgan fingerprint density at radius 1 is 1.15 bits per heavy atom. The molecule has 0 aromatic carbocycles. The molecule has 0 amide bonds. The number of morpholine rings is 1. The lowest BCUT2D eigenvalue weighted by Gasteiger charge is -2.45. The van der Waals surface area contributed by atoms with Gasteiger partial charge in [0.25, 0.3) is 0 Å². The molecule has 27 heavy (non-hydrogen) atoms. The topological polar surface area (TPSA) is 59.1 Å². The van der Waals surface area contributed by atoms with Crippen LogP contribution in [0, 0.1) is 0 Å². The number of thiophene rings is 2. The number of rotatable bonds is 4. The Hall–Kier alpha value is -0.770. The molecule has 5 rings (SSSR count). The first-order valence-electron chi connectivity index (χ1n) is 8.92. The normalized spacial score (nSPS) is 33.1. The van der Waals surface area contributed by atoms with Gasteiger partial charge in [0.2, 0.25) is 5.60 Å². The number of hydrogen-bond acceptors (Lipinski definition) is 6. The predicted octanol–water partition coefficient (Wildman–Crippen LogP) is -0.650. The van der Waals surface area contributed by atoms with E-state index >= 15 is 0 Å². The van der Waals surface area contributed by atoms with E-state index in [2.05, 4.69) is 14.1 Å². The van der Waals surface area contributed by atoms with Gasteiger partial charge < -0.3 is 36.0 Å².